The van der Waals surface area contributed by atoms with Crippen molar-refractivity contribution >= 4 is 48.3 Å². The van der Waals surface area contributed by atoms with Crippen LogP contribution < -0.4 is 14.5 Å². The van der Waals surface area contributed by atoms with Crippen LogP contribution in [0.25, 0.3) is 10.2 Å². The van der Waals surface area contributed by atoms with Gasteiger partial charge in [-0.2, -0.15) is 0 Å². The third-order valence-corrected chi connectivity index (χ3v) is 9.77. The van der Waals surface area contributed by atoms with E-state index in [1.807, 2.05) is 6.07 Å². The number of piperazine rings is 1. The number of hydrogen-bond acceptors (Lipinski definition) is 7. The number of nitrogens with zero attached hydrogens (tertiary/aromatic N) is 4. The van der Waals surface area contributed by atoms with Crippen molar-refractivity contribution < 1.29 is 22.0 Å². The van der Waals surface area contributed by atoms with Crippen LogP contribution in [0.15, 0.2) is 71.6 Å². The van der Waals surface area contributed by atoms with Gasteiger partial charge in [0.2, 0.25) is 0 Å². The third-order valence-electron chi connectivity index (χ3n) is 6.79. The van der Waals surface area contributed by atoms with Crippen molar-refractivity contribution in [1.82, 2.24) is 15.2 Å². The molecule has 5 rings (SSSR count). The summed E-state index contributed by atoms with van der Waals surface area (Å²) in [5.74, 6) is -1.54. The summed E-state index contributed by atoms with van der Waals surface area (Å²) < 4.78 is 55.7. The lowest BCUT2D eigenvalue weighted by Gasteiger charge is -2.34. The molecule has 0 aliphatic carbocycles. The fraction of sp³-hybridized carbons (Fsp3) is 0.286. The predicted molar refractivity (Wildman–Crippen MR) is 154 cm³/mol. The number of sulfonamides is 1. The number of nitrogens with one attached hydrogen (secondary N) is 1. The van der Waals surface area contributed by atoms with Gasteiger partial charge in [0.1, 0.15) is 11.3 Å². The number of carbonyl (C=O) groups is 1. The van der Waals surface area contributed by atoms with E-state index in [-0.39, 0.29) is 22.9 Å². The Morgan fingerprint density at radius 1 is 1.02 bits per heavy atom. The highest BCUT2D eigenvalue weighted by Crippen LogP contribution is 2.31. The number of halogens is 2. The topological polar surface area (TPSA) is 85.8 Å². The molecule has 3 aromatic carbocycles. The molecule has 1 saturated heterocycles. The average Bonchev–Trinajstić information content (AvgIpc) is 3.39. The lowest BCUT2D eigenvalue weighted by Crippen LogP contribution is -2.48. The number of thiazole rings is 1. The summed E-state index contributed by atoms with van der Waals surface area (Å²) >= 11 is 1.28. The minimum Gasteiger partial charge on any atom is -0.351 e. The molecule has 12 heteroatoms. The molecule has 1 fully saturated rings. The molecule has 0 spiro atoms. The maximum absolute atomic E-state index is 14.0. The van der Waals surface area contributed by atoms with Crippen LogP contribution in [-0.2, 0) is 10.0 Å². The van der Waals surface area contributed by atoms with E-state index in [9.17, 15) is 22.0 Å². The zero-order chi connectivity index (χ0) is 28.3. The van der Waals surface area contributed by atoms with Crippen molar-refractivity contribution in [1.29, 1.82) is 0 Å². The molecule has 0 unspecified atom stereocenters. The van der Waals surface area contributed by atoms with Gasteiger partial charge in [0.25, 0.3) is 15.9 Å². The van der Waals surface area contributed by atoms with Crippen LogP contribution >= 0.6 is 11.3 Å². The Bertz CT molecular complexity index is 1590. The summed E-state index contributed by atoms with van der Waals surface area (Å²) in [6.07, 6.45) is 0. The van der Waals surface area contributed by atoms with Crippen molar-refractivity contribution in [3.63, 3.8) is 0 Å². The van der Waals surface area contributed by atoms with Gasteiger partial charge in [0.15, 0.2) is 10.9 Å². The molecule has 0 radical (unpaired) electrons. The molecule has 0 bridgehead atoms. The first kappa shape index (κ1) is 27.9. The Hall–Kier alpha value is -3.61. The van der Waals surface area contributed by atoms with Crippen molar-refractivity contribution in [3.8, 4) is 0 Å². The molecule has 1 N–H and O–H groups in total. The first-order valence-electron chi connectivity index (χ1n) is 12.9. The van der Waals surface area contributed by atoms with Crippen LogP contribution in [0.5, 0.6) is 0 Å². The van der Waals surface area contributed by atoms with Crippen LogP contribution in [-0.4, -0.2) is 70.0 Å². The summed E-state index contributed by atoms with van der Waals surface area (Å²) in [4.78, 5) is 21.4. The minimum absolute atomic E-state index is 0.119. The van der Waals surface area contributed by atoms with Crippen molar-refractivity contribution in [3.05, 3.63) is 83.9 Å². The highest BCUT2D eigenvalue weighted by atomic mass is 32.2. The molecular weight excluding hydrogens is 556 g/mol. The molecule has 1 aliphatic heterocycles. The van der Waals surface area contributed by atoms with E-state index in [1.54, 1.807) is 31.2 Å². The van der Waals surface area contributed by atoms with Crippen LogP contribution in [0.1, 0.15) is 17.3 Å². The highest BCUT2D eigenvalue weighted by Gasteiger charge is 2.24. The Morgan fingerprint density at radius 3 is 2.40 bits per heavy atom. The Kier molecular flexibility index (Phi) is 8.29. The number of fused-ring (bicyclic) bond motifs is 1. The van der Waals surface area contributed by atoms with Crippen LogP contribution in [0.4, 0.5) is 19.6 Å². The summed E-state index contributed by atoms with van der Waals surface area (Å²) in [7, 11) is -3.76. The van der Waals surface area contributed by atoms with E-state index >= 15 is 0 Å². The summed E-state index contributed by atoms with van der Waals surface area (Å²) in [6.45, 7) is 5.99. The van der Waals surface area contributed by atoms with Gasteiger partial charge < -0.3 is 10.2 Å². The summed E-state index contributed by atoms with van der Waals surface area (Å²) in [6, 6.07) is 17.0. The van der Waals surface area contributed by atoms with Gasteiger partial charge in [-0.25, -0.2) is 22.2 Å². The monoisotopic (exact) mass is 585 g/mol. The molecule has 1 amide bonds. The summed E-state index contributed by atoms with van der Waals surface area (Å²) in [5, 5.41) is 3.56. The molecule has 1 aromatic heterocycles. The van der Waals surface area contributed by atoms with Crippen molar-refractivity contribution in [2.75, 3.05) is 55.0 Å². The van der Waals surface area contributed by atoms with E-state index in [0.29, 0.717) is 47.3 Å². The second kappa shape index (κ2) is 11.9. The van der Waals surface area contributed by atoms with E-state index in [1.165, 1.54) is 46.0 Å². The second-order valence-corrected chi connectivity index (χ2v) is 12.2. The normalized spacial score (nSPS) is 14.4. The van der Waals surface area contributed by atoms with Crippen LogP contribution in [0.2, 0.25) is 0 Å². The Labute approximate surface area is 235 Å². The molecule has 0 atom stereocenters. The van der Waals surface area contributed by atoms with E-state index < -0.39 is 21.7 Å². The lowest BCUT2D eigenvalue weighted by atomic mass is 10.2. The number of benzene rings is 3. The standard InChI is InChI=1S/C28H29F2N5O3S2/c1-2-35(22-6-4-3-5-7-22)40(37,38)23-10-8-20(9-11-23)27(36)31-12-13-33-14-16-34(17-15-33)28-32-26-24(30)18-21(29)19-25(26)39-28/h3-11,18-19H,2,12-17H2,1H3,(H,31,36). The van der Waals surface area contributed by atoms with Gasteiger partial charge in [0, 0.05) is 57.4 Å². The highest BCUT2D eigenvalue weighted by molar-refractivity contribution is 7.92. The molecule has 2 heterocycles. The zero-order valence-electron chi connectivity index (χ0n) is 21.9. The Morgan fingerprint density at radius 2 is 1.73 bits per heavy atom. The maximum Gasteiger partial charge on any atom is 0.264 e. The van der Waals surface area contributed by atoms with Crippen molar-refractivity contribution in [2.24, 2.45) is 0 Å². The third kappa shape index (κ3) is 5.93. The van der Waals surface area contributed by atoms with E-state index in [2.05, 4.69) is 20.1 Å². The molecule has 0 saturated carbocycles. The number of hydrogen-bond donors (Lipinski definition) is 1. The quantitative estimate of drug-likeness (QED) is 0.315. The van der Waals surface area contributed by atoms with Gasteiger partial charge >= 0.3 is 0 Å². The number of amides is 1. The largest absolute Gasteiger partial charge is 0.351 e. The van der Waals surface area contributed by atoms with Gasteiger partial charge in [-0.05, 0) is 49.4 Å². The predicted octanol–water partition coefficient (Wildman–Crippen LogP) is 4.34. The van der Waals surface area contributed by atoms with Crippen molar-refractivity contribution in [2.45, 2.75) is 11.8 Å². The first-order valence-corrected chi connectivity index (χ1v) is 15.2. The molecule has 1 aliphatic rings. The summed E-state index contributed by atoms with van der Waals surface area (Å²) in [5.41, 5.74) is 1.15. The maximum atomic E-state index is 14.0. The lowest BCUT2D eigenvalue weighted by molar-refractivity contribution is 0.0947. The molecular formula is C28H29F2N5O3S2. The van der Waals surface area contributed by atoms with Gasteiger partial charge in [0.05, 0.1) is 15.3 Å². The smallest absolute Gasteiger partial charge is 0.264 e. The zero-order valence-corrected chi connectivity index (χ0v) is 23.5. The van der Waals surface area contributed by atoms with E-state index in [4.69, 9.17) is 0 Å². The van der Waals surface area contributed by atoms with Crippen LogP contribution in [0, 0.1) is 11.6 Å². The SMILES string of the molecule is CCN(c1ccccc1)S(=O)(=O)c1ccc(C(=O)NCCN2CCN(c3nc4c(F)cc(F)cc4s3)CC2)cc1. The van der Waals surface area contributed by atoms with E-state index in [0.717, 1.165) is 19.2 Å². The van der Waals surface area contributed by atoms with Crippen LogP contribution in [0.3, 0.4) is 0 Å². The molecule has 40 heavy (non-hydrogen) atoms. The second-order valence-electron chi connectivity index (χ2n) is 9.35. The minimum atomic E-state index is -3.76. The number of anilines is 2. The number of carbonyl (C=O) groups excluding carboxylic acids is 1. The van der Waals surface area contributed by atoms with Gasteiger partial charge in [-0.1, -0.05) is 29.5 Å². The van der Waals surface area contributed by atoms with Gasteiger partial charge in [-0.3, -0.25) is 14.0 Å². The first-order chi connectivity index (χ1) is 19.3. The molecule has 4 aromatic rings. The number of para-hydroxylation sites is 1. The Balaban J connectivity index is 1.11. The average molecular weight is 586 g/mol. The molecule has 8 nitrogen and oxygen atoms in total. The fourth-order valence-electron chi connectivity index (χ4n) is 4.66. The molecule has 210 valence electrons. The fourth-order valence-corrected chi connectivity index (χ4v) is 7.19. The van der Waals surface area contributed by atoms with Gasteiger partial charge in [-0.15, -0.1) is 0 Å². The number of rotatable bonds is 9. The number of aromatic nitrogens is 1.